The van der Waals surface area contributed by atoms with Gasteiger partial charge in [-0.3, -0.25) is 4.90 Å². The molecule has 5 heteroatoms. The van der Waals surface area contributed by atoms with E-state index in [1.54, 1.807) is 19.2 Å². The summed E-state index contributed by atoms with van der Waals surface area (Å²) in [6, 6.07) is 3.51. The first-order valence-electron chi connectivity index (χ1n) is 4.51. The van der Waals surface area contributed by atoms with Gasteiger partial charge in [0.15, 0.2) is 0 Å². The molecule has 5 nitrogen and oxygen atoms in total. The smallest absolute Gasteiger partial charge is 0.234 e. The van der Waals surface area contributed by atoms with Gasteiger partial charge in [-0.15, -0.1) is 10.2 Å². The standard InChI is InChI=1S/C9H13N3O2/c1-12-5-7(6-12)14-9-4-3-8(13-2)10-11-9/h3-4,7H,5-6H2,1-2H3. The minimum Gasteiger partial charge on any atom is -0.480 e. The third kappa shape index (κ3) is 1.93. The van der Waals surface area contributed by atoms with Crippen molar-refractivity contribution in [3.8, 4) is 11.8 Å². The number of hydrogen-bond donors (Lipinski definition) is 0. The summed E-state index contributed by atoms with van der Waals surface area (Å²) in [5, 5.41) is 7.70. The second-order valence-electron chi connectivity index (χ2n) is 3.38. The predicted octanol–water partition coefficient (Wildman–Crippen LogP) is 0.178. The fourth-order valence-corrected chi connectivity index (χ4v) is 1.37. The molecule has 0 N–H and O–H groups in total. The van der Waals surface area contributed by atoms with Gasteiger partial charge in [-0.1, -0.05) is 0 Å². The Hall–Kier alpha value is -1.36. The summed E-state index contributed by atoms with van der Waals surface area (Å²) in [7, 11) is 3.62. The Bertz CT molecular complexity index is 295. The van der Waals surface area contributed by atoms with Crippen molar-refractivity contribution >= 4 is 0 Å². The summed E-state index contributed by atoms with van der Waals surface area (Å²) in [5.74, 6) is 1.06. The fraction of sp³-hybridized carbons (Fsp3) is 0.556. The second-order valence-corrected chi connectivity index (χ2v) is 3.38. The first kappa shape index (κ1) is 9.21. The van der Waals surface area contributed by atoms with E-state index in [1.807, 2.05) is 0 Å². The van der Waals surface area contributed by atoms with Crippen molar-refractivity contribution in [3.05, 3.63) is 12.1 Å². The van der Waals surface area contributed by atoms with Gasteiger partial charge in [-0.25, -0.2) is 0 Å². The molecule has 76 valence electrons. The first-order valence-corrected chi connectivity index (χ1v) is 4.51. The van der Waals surface area contributed by atoms with E-state index in [0.29, 0.717) is 11.8 Å². The summed E-state index contributed by atoms with van der Waals surface area (Å²) in [6.07, 6.45) is 0.252. The molecular weight excluding hydrogens is 182 g/mol. The van der Waals surface area contributed by atoms with Crippen molar-refractivity contribution in [2.75, 3.05) is 27.2 Å². The average molecular weight is 195 g/mol. The zero-order chi connectivity index (χ0) is 9.97. The Morgan fingerprint density at radius 2 is 1.93 bits per heavy atom. The van der Waals surface area contributed by atoms with Crippen molar-refractivity contribution in [2.45, 2.75) is 6.10 Å². The molecule has 0 aliphatic carbocycles. The Labute approximate surface area is 82.6 Å². The maximum Gasteiger partial charge on any atom is 0.234 e. The lowest BCUT2D eigenvalue weighted by Gasteiger charge is -2.35. The number of aromatic nitrogens is 2. The maximum absolute atomic E-state index is 5.55. The van der Waals surface area contributed by atoms with Crippen LogP contribution in [0.15, 0.2) is 12.1 Å². The number of hydrogen-bond acceptors (Lipinski definition) is 5. The molecule has 14 heavy (non-hydrogen) atoms. The van der Waals surface area contributed by atoms with Crippen molar-refractivity contribution in [1.29, 1.82) is 0 Å². The molecule has 0 radical (unpaired) electrons. The van der Waals surface area contributed by atoms with Crippen LogP contribution in [0, 0.1) is 0 Å². The van der Waals surface area contributed by atoms with Gasteiger partial charge in [0.25, 0.3) is 0 Å². The van der Waals surface area contributed by atoms with Crippen LogP contribution in [0.5, 0.6) is 11.8 Å². The quantitative estimate of drug-likeness (QED) is 0.688. The fourth-order valence-electron chi connectivity index (χ4n) is 1.37. The lowest BCUT2D eigenvalue weighted by Crippen LogP contribution is -2.51. The van der Waals surface area contributed by atoms with Crippen LogP contribution in [-0.4, -0.2) is 48.4 Å². The largest absolute Gasteiger partial charge is 0.480 e. The highest BCUT2D eigenvalue weighted by Crippen LogP contribution is 2.15. The highest BCUT2D eigenvalue weighted by molar-refractivity contribution is 5.15. The molecule has 1 aliphatic heterocycles. The molecule has 0 bridgehead atoms. The molecule has 0 saturated carbocycles. The predicted molar refractivity (Wildman–Crippen MR) is 50.5 cm³/mol. The van der Waals surface area contributed by atoms with Gasteiger partial charge in [0.2, 0.25) is 11.8 Å². The van der Waals surface area contributed by atoms with Crippen LogP contribution in [0.2, 0.25) is 0 Å². The van der Waals surface area contributed by atoms with Gasteiger partial charge in [-0.2, -0.15) is 0 Å². The monoisotopic (exact) mass is 195 g/mol. The van der Waals surface area contributed by atoms with E-state index in [9.17, 15) is 0 Å². The Morgan fingerprint density at radius 1 is 1.29 bits per heavy atom. The third-order valence-electron chi connectivity index (χ3n) is 2.14. The molecule has 0 unspecified atom stereocenters. The lowest BCUT2D eigenvalue weighted by molar-refractivity contribution is 0.0347. The Balaban J connectivity index is 1.90. The summed E-state index contributed by atoms with van der Waals surface area (Å²) in [4.78, 5) is 2.18. The molecule has 0 aromatic carbocycles. The summed E-state index contributed by atoms with van der Waals surface area (Å²) in [6.45, 7) is 1.90. The molecule has 1 saturated heterocycles. The van der Waals surface area contributed by atoms with E-state index in [0.717, 1.165) is 13.1 Å². The SMILES string of the molecule is COc1ccc(OC2CN(C)C2)nn1. The topological polar surface area (TPSA) is 47.5 Å². The van der Waals surface area contributed by atoms with Gasteiger partial charge in [0, 0.05) is 25.2 Å². The third-order valence-corrected chi connectivity index (χ3v) is 2.14. The van der Waals surface area contributed by atoms with Crippen LogP contribution in [0.1, 0.15) is 0 Å². The molecule has 0 spiro atoms. The van der Waals surface area contributed by atoms with E-state index in [-0.39, 0.29) is 6.10 Å². The van der Waals surface area contributed by atoms with Gasteiger partial charge in [0.1, 0.15) is 6.10 Å². The summed E-state index contributed by atoms with van der Waals surface area (Å²) < 4.78 is 10.4. The molecule has 2 rings (SSSR count). The zero-order valence-electron chi connectivity index (χ0n) is 8.30. The maximum atomic E-state index is 5.55. The van der Waals surface area contributed by atoms with E-state index < -0.39 is 0 Å². The number of nitrogens with zero attached hydrogens (tertiary/aromatic N) is 3. The summed E-state index contributed by atoms with van der Waals surface area (Å²) in [5.41, 5.74) is 0. The molecular formula is C9H13N3O2. The average Bonchev–Trinajstić information content (AvgIpc) is 2.17. The van der Waals surface area contributed by atoms with Gasteiger partial charge in [0.05, 0.1) is 7.11 Å². The molecule has 2 heterocycles. The Kier molecular flexibility index (Phi) is 2.49. The molecule has 0 amide bonds. The first-order chi connectivity index (χ1) is 6.78. The normalized spacial score (nSPS) is 17.6. The molecule has 1 aromatic rings. The molecule has 1 aromatic heterocycles. The number of methoxy groups -OCH3 is 1. The highest BCUT2D eigenvalue weighted by Gasteiger charge is 2.25. The van der Waals surface area contributed by atoms with Crippen LogP contribution >= 0.6 is 0 Å². The molecule has 1 fully saturated rings. The van der Waals surface area contributed by atoms with Gasteiger partial charge < -0.3 is 9.47 Å². The Morgan fingerprint density at radius 3 is 2.43 bits per heavy atom. The minimum absolute atomic E-state index is 0.252. The van der Waals surface area contributed by atoms with E-state index in [2.05, 4.69) is 22.1 Å². The molecule has 0 atom stereocenters. The van der Waals surface area contributed by atoms with E-state index >= 15 is 0 Å². The highest BCUT2D eigenvalue weighted by atomic mass is 16.5. The molecule has 1 aliphatic rings. The van der Waals surface area contributed by atoms with E-state index in [1.165, 1.54) is 0 Å². The number of likely N-dealkylation sites (tertiary alicyclic amines) is 1. The minimum atomic E-state index is 0.252. The van der Waals surface area contributed by atoms with Crippen molar-refractivity contribution in [2.24, 2.45) is 0 Å². The van der Waals surface area contributed by atoms with E-state index in [4.69, 9.17) is 9.47 Å². The van der Waals surface area contributed by atoms with Crippen molar-refractivity contribution < 1.29 is 9.47 Å². The van der Waals surface area contributed by atoms with Gasteiger partial charge in [-0.05, 0) is 7.05 Å². The van der Waals surface area contributed by atoms with Crippen LogP contribution in [0.25, 0.3) is 0 Å². The van der Waals surface area contributed by atoms with Crippen LogP contribution < -0.4 is 9.47 Å². The summed E-state index contributed by atoms with van der Waals surface area (Å²) >= 11 is 0. The van der Waals surface area contributed by atoms with Gasteiger partial charge >= 0.3 is 0 Å². The number of ether oxygens (including phenoxy) is 2. The van der Waals surface area contributed by atoms with Crippen LogP contribution in [0.4, 0.5) is 0 Å². The lowest BCUT2D eigenvalue weighted by atomic mass is 10.2. The second kappa shape index (κ2) is 3.79. The van der Waals surface area contributed by atoms with Crippen LogP contribution in [0.3, 0.4) is 0 Å². The number of rotatable bonds is 3. The van der Waals surface area contributed by atoms with Crippen molar-refractivity contribution in [1.82, 2.24) is 15.1 Å². The van der Waals surface area contributed by atoms with Crippen LogP contribution in [-0.2, 0) is 0 Å². The van der Waals surface area contributed by atoms with Crippen molar-refractivity contribution in [3.63, 3.8) is 0 Å². The zero-order valence-corrected chi connectivity index (χ0v) is 8.30. The number of likely N-dealkylation sites (N-methyl/N-ethyl adjacent to an activating group) is 1.